The van der Waals surface area contributed by atoms with Crippen LogP contribution in [0.5, 0.6) is 0 Å². The molecule has 4 heteroatoms. The van der Waals surface area contributed by atoms with Crippen molar-refractivity contribution in [2.45, 2.75) is 12.5 Å². The molecule has 0 saturated carbocycles. The topological polar surface area (TPSA) is 26.0 Å². The molecule has 2 rings (SSSR count). The highest BCUT2D eigenvalue weighted by Gasteiger charge is 2.12. The summed E-state index contributed by atoms with van der Waals surface area (Å²) in [5.41, 5.74) is 6.06. The van der Waals surface area contributed by atoms with Crippen molar-refractivity contribution in [1.29, 1.82) is 0 Å². The molecule has 0 spiro atoms. The largest absolute Gasteiger partial charge is 0.323 e. The molecule has 2 aromatic heterocycles. The molecule has 2 heterocycles. The Balaban J connectivity index is 2.10. The molecule has 0 aliphatic carbocycles. The zero-order valence-corrected chi connectivity index (χ0v) is 9.83. The first-order valence-corrected chi connectivity index (χ1v) is 6.42. The Labute approximate surface area is 96.1 Å². The number of hydrogen-bond acceptors (Lipinski definition) is 3. The molecular formula is C10H10ClNS2. The lowest BCUT2D eigenvalue weighted by Gasteiger charge is -2.08. The second kappa shape index (κ2) is 4.45. The van der Waals surface area contributed by atoms with Crippen LogP contribution >= 0.6 is 34.3 Å². The van der Waals surface area contributed by atoms with E-state index in [1.54, 1.807) is 22.7 Å². The van der Waals surface area contributed by atoms with Gasteiger partial charge in [0, 0.05) is 22.2 Å². The number of thiophene rings is 2. The summed E-state index contributed by atoms with van der Waals surface area (Å²) in [4.78, 5) is 2.39. The predicted octanol–water partition coefficient (Wildman–Crippen LogP) is 3.71. The maximum absolute atomic E-state index is 6.06. The molecule has 0 fully saturated rings. The minimum atomic E-state index is 0.0288. The van der Waals surface area contributed by atoms with Crippen molar-refractivity contribution in [3.05, 3.63) is 43.7 Å². The predicted molar refractivity (Wildman–Crippen MR) is 64.3 cm³/mol. The van der Waals surface area contributed by atoms with Crippen molar-refractivity contribution in [2.24, 2.45) is 5.73 Å². The van der Waals surface area contributed by atoms with Crippen LogP contribution in [0.4, 0.5) is 0 Å². The smallest absolute Gasteiger partial charge is 0.0561 e. The van der Waals surface area contributed by atoms with Crippen molar-refractivity contribution in [1.82, 2.24) is 0 Å². The van der Waals surface area contributed by atoms with E-state index in [0.29, 0.717) is 0 Å². The summed E-state index contributed by atoms with van der Waals surface area (Å²) in [6.07, 6.45) is 0.873. The molecule has 1 atom stereocenters. The van der Waals surface area contributed by atoms with Crippen LogP contribution in [0.15, 0.2) is 29.0 Å². The maximum atomic E-state index is 6.06. The van der Waals surface area contributed by atoms with Gasteiger partial charge in [-0.2, -0.15) is 0 Å². The molecule has 0 aliphatic heterocycles. The molecule has 2 aromatic rings. The minimum absolute atomic E-state index is 0.0288. The van der Waals surface area contributed by atoms with E-state index in [1.165, 1.54) is 4.88 Å². The number of nitrogens with two attached hydrogens (primary N) is 1. The van der Waals surface area contributed by atoms with Gasteiger partial charge in [0.1, 0.15) is 0 Å². The van der Waals surface area contributed by atoms with E-state index in [1.807, 2.05) is 17.5 Å². The monoisotopic (exact) mass is 243 g/mol. The third-order valence-corrected chi connectivity index (χ3v) is 4.37. The van der Waals surface area contributed by atoms with Crippen LogP contribution in [-0.2, 0) is 6.42 Å². The average Bonchev–Trinajstić information content (AvgIpc) is 2.75. The van der Waals surface area contributed by atoms with Crippen molar-refractivity contribution in [3.63, 3.8) is 0 Å². The lowest BCUT2D eigenvalue weighted by molar-refractivity contribution is 0.745. The first kappa shape index (κ1) is 10.2. The van der Waals surface area contributed by atoms with Crippen LogP contribution < -0.4 is 5.73 Å². The van der Waals surface area contributed by atoms with E-state index >= 15 is 0 Å². The molecule has 0 radical (unpaired) electrons. The Hall–Kier alpha value is -0.350. The first-order chi connectivity index (χ1) is 6.77. The summed E-state index contributed by atoms with van der Waals surface area (Å²) in [5.74, 6) is 0. The molecule has 2 N–H and O–H groups in total. The highest BCUT2D eigenvalue weighted by molar-refractivity contribution is 7.11. The molecule has 0 amide bonds. The van der Waals surface area contributed by atoms with Crippen molar-refractivity contribution in [3.8, 4) is 0 Å². The quantitative estimate of drug-likeness (QED) is 0.874. The van der Waals surface area contributed by atoms with Crippen LogP contribution in [-0.4, -0.2) is 0 Å². The molecule has 0 aliphatic rings. The molecule has 1 nitrogen and oxygen atoms in total. The van der Waals surface area contributed by atoms with Gasteiger partial charge in [0.2, 0.25) is 0 Å². The lowest BCUT2D eigenvalue weighted by atomic mass is 10.1. The Morgan fingerprint density at radius 2 is 2.14 bits per heavy atom. The third kappa shape index (κ3) is 2.17. The first-order valence-electron chi connectivity index (χ1n) is 4.28. The van der Waals surface area contributed by atoms with E-state index in [9.17, 15) is 0 Å². The number of rotatable bonds is 3. The van der Waals surface area contributed by atoms with Gasteiger partial charge in [0.25, 0.3) is 0 Å². The summed E-state index contributed by atoms with van der Waals surface area (Å²) in [6.45, 7) is 0. The van der Waals surface area contributed by atoms with E-state index in [4.69, 9.17) is 17.3 Å². The fourth-order valence-electron chi connectivity index (χ4n) is 1.31. The average molecular weight is 244 g/mol. The standard InChI is InChI=1S/C10H10ClNS2/c11-8-3-5-14-10(8)9(12)6-7-2-1-4-13-7/h1-5,9H,6,12H2. The minimum Gasteiger partial charge on any atom is -0.323 e. The van der Waals surface area contributed by atoms with E-state index < -0.39 is 0 Å². The van der Waals surface area contributed by atoms with Crippen molar-refractivity contribution >= 4 is 34.3 Å². The second-order valence-corrected chi connectivity index (χ2v) is 5.41. The zero-order valence-electron chi connectivity index (χ0n) is 7.44. The van der Waals surface area contributed by atoms with E-state index in [0.717, 1.165) is 16.3 Å². The van der Waals surface area contributed by atoms with Gasteiger partial charge in [-0.05, 0) is 22.9 Å². The molecule has 74 valence electrons. The molecule has 0 aromatic carbocycles. The molecule has 1 unspecified atom stereocenters. The fraction of sp³-hybridized carbons (Fsp3) is 0.200. The van der Waals surface area contributed by atoms with E-state index in [2.05, 4.69) is 11.4 Å². The summed E-state index contributed by atoms with van der Waals surface area (Å²) in [6, 6.07) is 6.08. The van der Waals surface area contributed by atoms with Crippen LogP contribution in [0.2, 0.25) is 5.02 Å². The second-order valence-electron chi connectivity index (χ2n) is 3.02. The van der Waals surface area contributed by atoms with Gasteiger partial charge in [0.15, 0.2) is 0 Å². The summed E-state index contributed by atoms with van der Waals surface area (Å²) < 4.78 is 0. The highest BCUT2D eigenvalue weighted by Crippen LogP contribution is 2.29. The zero-order chi connectivity index (χ0) is 9.97. The number of halogens is 1. The maximum Gasteiger partial charge on any atom is 0.0561 e. The van der Waals surface area contributed by atoms with Crippen molar-refractivity contribution in [2.75, 3.05) is 0 Å². The Bertz CT molecular complexity index is 394. The lowest BCUT2D eigenvalue weighted by Crippen LogP contribution is -2.11. The summed E-state index contributed by atoms with van der Waals surface area (Å²) in [5, 5.41) is 4.84. The van der Waals surface area contributed by atoms with Gasteiger partial charge in [0.05, 0.1) is 5.02 Å². The van der Waals surface area contributed by atoms with Gasteiger partial charge >= 0.3 is 0 Å². The molecule has 14 heavy (non-hydrogen) atoms. The SMILES string of the molecule is NC(Cc1cccs1)c1sccc1Cl. The van der Waals surface area contributed by atoms with Gasteiger partial charge < -0.3 is 5.73 Å². The Morgan fingerprint density at radius 1 is 1.29 bits per heavy atom. The summed E-state index contributed by atoms with van der Waals surface area (Å²) >= 11 is 9.37. The molecular weight excluding hydrogens is 234 g/mol. The third-order valence-electron chi connectivity index (χ3n) is 1.98. The molecule has 0 bridgehead atoms. The van der Waals surface area contributed by atoms with Gasteiger partial charge in [-0.15, -0.1) is 22.7 Å². The number of hydrogen-bond donors (Lipinski definition) is 1. The Morgan fingerprint density at radius 3 is 2.71 bits per heavy atom. The van der Waals surface area contributed by atoms with Crippen molar-refractivity contribution < 1.29 is 0 Å². The van der Waals surface area contributed by atoms with E-state index in [-0.39, 0.29) is 6.04 Å². The van der Waals surface area contributed by atoms with Crippen LogP contribution in [0.1, 0.15) is 15.8 Å². The normalized spacial score (nSPS) is 13.0. The van der Waals surface area contributed by atoms with Gasteiger partial charge in [-0.25, -0.2) is 0 Å². The van der Waals surface area contributed by atoms with Gasteiger partial charge in [-0.3, -0.25) is 0 Å². The van der Waals surface area contributed by atoms with Gasteiger partial charge in [-0.1, -0.05) is 17.7 Å². The van der Waals surface area contributed by atoms with Crippen LogP contribution in [0.3, 0.4) is 0 Å². The van der Waals surface area contributed by atoms with Crippen LogP contribution in [0.25, 0.3) is 0 Å². The Kier molecular flexibility index (Phi) is 3.23. The summed E-state index contributed by atoms with van der Waals surface area (Å²) in [7, 11) is 0. The highest BCUT2D eigenvalue weighted by atomic mass is 35.5. The fourth-order valence-corrected chi connectivity index (χ4v) is 3.27. The van der Waals surface area contributed by atoms with Crippen LogP contribution in [0, 0.1) is 0 Å². The molecule has 0 saturated heterocycles.